The number of carbonyl (C=O) groups excluding carboxylic acids is 2. The van der Waals surface area contributed by atoms with E-state index in [0.29, 0.717) is 28.8 Å². The van der Waals surface area contributed by atoms with Crippen molar-refractivity contribution < 1.29 is 18.8 Å². The van der Waals surface area contributed by atoms with Gasteiger partial charge in [0.1, 0.15) is 5.76 Å². The van der Waals surface area contributed by atoms with Crippen molar-refractivity contribution in [2.75, 3.05) is 22.6 Å². The van der Waals surface area contributed by atoms with Gasteiger partial charge in [0.15, 0.2) is 24.0 Å². The predicted molar refractivity (Wildman–Crippen MR) is 112 cm³/mol. The molecule has 1 aromatic carbocycles. The summed E-state index contributed by atoms with van der Waals surface area (Å²) in [7, 11) is 0. The van der Waals surface area contributed by atoms with Crippen LogP contribution in [0.15, 0.2) is 47.1 Å². The van der Waals surface area contributed by atoms with E-state index in [1.54, 1.807) is 24.4 Å². The number of urea groups is 1. The molecule has 9 nitrogen and oxygen atoms in total. The third-order valence-corrected chi connectivity index (χ3v) is 4.44. The third kappa shape index (κ3) is 4.24. The Morgan fingerprint density at radius 3 is 2.57 bits per heavy atom. The first-order chi connectivity index (χ1) is 14.3. The molecule has 3 aromatic rings. The van der Waals surface area contributed by atoms with Crippen molar-refractivity contribution in [1.82, 2.24) is 10.1 Å². The molecule has 0 atom stereocenters. The zero-order valence-electron chi connectivity index (χ0n) is 16.8. The topological polar surface area (TPSA) is 118 Å². The highest BCUT2D eigenvalue weighted by molar-refractivity contribution is 5.99. The highest BCUT2D eigenvalue weighted by atomic mass is 16.5. The monoisotopic (exact) mass is 407 g/mol. The van der Waals surface area contributed by atoms with Crippen molar-refractivity contribution >= 4 is 29.3 Å². The fourth-order valence-corrected chi connectivity index (χ4v) is 2.83. The molecule has 0 radical (unpaired) electrons. The zero-order chi connectivity index (χ0) is 21.3. The fraction of sp³-hybridized carbons (Fsp3) is 0.238. The smallest absolute Gasteiger partial charge is 0.324 e. The molecule has 0 unspecified atom stereocenters. The summed E-state index contributed by atoms with van der Waals surface area (Å²) >= 11 is 0. The standard InChI is InChI=1S/C21H21N5O4/c1-21(2,3)16-9-17(26-30-16)24-20(28)23-14-6-4-12(5-7-14)13-8-15-19(22-10-13)25-18(27)11-29-15/h4-10H,11H2,1-3H3,(H,22,25,27)(H2,23,24,26,28). The lowest BCUT2D eigenvalue weighted by Crippen LogP contribution is -2.26. The van der Waals surface area contributed by atoms with E-state index >= 15 is 0 Å². The van der Waals surface area contributed by atoms with Crippen molar-refractivity contribution in [2.24, 2.45) is 0 Å². The van der Waals surface area contributed by atoms with Crippen LogP contribution in [-0.2, 0) is 10.2 Å². The lowest BCUT2D eigenvalue weighted by atomic mass is 9.93. The van der Waals surface area contributed by atoms with E-state index < -0.39 is 6.03 Å². The molecule has 0 saturated carbocycles. The summed E-state index contributed by atoms with van der Waals surface area (Å²) in [5.74, 6) is 1.74. The quantitative estimate of drug-likeness (QED) is 0.604. The Kier molecular flexibility index (Phi) is 4.86. The number of nitrogens with zero attached hydrogens (tertiary/aromatic N) is 2. The summed E-state index contributed by atoms with van der Waals surface area (Å²) < 4.78 is 10.7. The molecule has 4 rings (SSSR count). The van der Waals surface area contributed by atoms with Crippen LogP contribution >= 0.6 is 0 Å². The van der Waals surface area contributed by atoms with E-state index in [0.717, 1.165) is 11.1 Å². The fourth-order valence-electron chi connectivity index (χ4n) is 2.83. The average Bonchev–Trinajstić information content (AvgIpc) is 3.17. The SMILES string of the molecule is CC(C)(C)c1cc(NC(=O)Nc2ccc(-c3cnc4c(c3)OCC(=O)N4)cc2)no1. The minimum Gasteiger partial charge on any atom is -0.480 e. The molecule has 1 aliphatic rings. The first-order valence-electron chi connectivity index (χ1n) is 9.36. The number of rotatable bonds is 3. The maximum atomic E-state index is 12.2. The normalized spacial score (nSPS) is 13.1. The van der Waals surface area contributed by atoms with E-state index in [9.17, 15) is 9.59 Å². The zero-order valence-corrected chi connectivity index (χ0v) is 16.8. The van der Waals surface area contributed by atoms with E-state index in [1.165, 1.54) is 0 Å². The van der Waals surface area contributed by atoms with Crippen molar-refractivity contribution in [1.29, 1.82) is 0 Å². The van der Waals surface area contributed by atoms with Gasteiger partial charge in [0.25, 0.3) is 5.91 Å². The molecular formula is C21H21N5O4. The maximum Gasteiger partial charge on any atom is 0.324 e. The molecule has 3 amide bonds. The van der Waals surface area contributed by atoms with Crippen LogP contribution in [0.4, 0.5) is 22.1 Å². The Balaban J connectivity index is 1.41. The van der Waals surface area contributed by atoms with E-state index in [-0.39, 0.29) is 17.9 Å². The Labute approximate surface area is 172 Å². The molecule has 0 aliphatic carbocycles. The number of amides is 3. The predicted octanol–water partition coefficient (Wildman–Crippen LogP) is 4.01. The van der Waals surface area contributed by atoms with Crippen LogP contribution in [0.25, 0.3) is 11.1 Å². The highest BCUT2D eigenvalue weighted by Crippen LogP contribution is 2.31. The third-order valence-electron chi connectivity index (χ3n) is 4.44. The summed E-state index contributed by atoms with van der Waals surface area (Å²) in [6.07, 6.45) is 1.65. The van der Waals surface area contributed by atoms with Gasteiger partial charge in [0.05, 0.1) is 0 Å². The van der Waals surface area contributed by atoms with Crippen LogP contribution in [0, 0.1) is 0 Å². The van der Waals surface area contributed by atoms with E-state index in [1.807, 2.05) is 39.0 Å². The van der Waals surface area contributed by atoms with Gasteiger partial charge < -0.3 is 19.9 Å². The lowest BCUT2D eigenvalue weighted by Gasteiger charge is -2.17. The summed E-state index contributed by atoms with van der Waals surface area (Å²) in [6.45, 7) is 5.97. The summed E-state index contributed by atoms with van der Waals surface area (Å²) in [4.78, 5) is 27.8. The van der Waals surface area contributed by atoms with Crippen LogP contribution in [0.1, 0.15) is 26.5 Å². The van der Waals surface area contributed by atoms with Gasteiger partial charge in [-0.25, -0.2) is 9.78 Å². The first kappa shape index (κ1) is 19.4. The van der Waals surface area contributed by atoms with Gasteiger partial charge in [0.2, 0.25) is 0 Å². The molecule has 0 spiro atoms. The molecule has 0 saturated heterocycles. The number of aromatic nitrogens is 2. The van der Waals surface area contributed by atoms with Crippen molar-refractivity contribution in [3.63, 3.8) is 0 Å². The molecule has 30 heavy (non-hydrogen) atoms. The summed E-state index contributed by atoms with van der Waals surface area (Å²) in [6, 6.07) is 10.4. The van der Waals surface area contributed by atoms with Crippen LogP contribution in [0.3, 0.4) is 0 Å². The van der Waals surface area contributed by atoms with Gasteiger partial charge >= 0.3 is 6.03 Å². The number of pyridine rings is 1. The summed E-state index contributed by atoms with van der Waals surface area (Å²) in [5.41, 5.74) is 2.15. The second-order valence-electron chi connectivity index (χ2n) is 7.89. The van der Waals surface area contributed by atoms with Crippen molar-refractivity contribution in [3.05, 3.63) is 48.4 Å². The van der Waals surface area contributed by atoms with E-state index in [4.69, 9.17) is 9.26 Å². The van der Waals surface area contributed by atoms with Crippen LogP contribution in [0.5, 0.6) is 5.75 Å². The molecular weight excluding hydrogens is 386 g/mol. The first-order valence-corrected chi connectivity index (χ1v) is 9.36. The molecule has 154 valence electrons. The Morgan fingerprint density at radius 1 is 1.10 bits per heavy atom. The molecule has 3 heterocycles. The van der Waals surface area contributed by atoms with E-state index in [2.05, 4.69) is 26.1 Å². The minimum absolute atomic E-state index is 0.0289. The molecule has 2 aromatic heterocycles. The number of benzene rings is 1. The number of nitrogens with one attached hydrogen (secondary N) is 3. The number of anilines is 3. The molecule has 3 N–H and O–H groups in total. The van der Waals surface area contributed by atoms with Gasteiger partial charge in [-0.2, -0.15) is 0 Å². The van der Waals surface area contributed by atoms with Crippen LogP contribution in [-0.4, -0.2) is 28.7 Å². The number of fused-ring (bicyclic) bond motifs is 1. The minimum atomic E-state index is -0.420. The average molecular weight is 407 g/mol. The Morgan fingerprint density at radius 2 is 1.87 bits per heavy atom. The number of hydrogen-bond acceptors (Lipinski definition) is 6. The Bertz CT molecular complexity index is 1100. The number of ether oxygens (including phenoxy) is 1. The molecule has 9 heteroatoms. The van der Waals surface area contributed by atoms with Crippen LogP contribution < -0.4 is 20.7 Å². The Hall–Kier alpha value is -3.88. The summed E-state index contributed by atoms with van der Waals surface area (Å²) in [5, 5.41) is 11.9. The molecule has 1 aliphatic heterocycles. The molecule has 0 fully saturated rings. The molecule has 0 bridgehead atoms. The van der Waals surface area contributed by atoms with Gasteiger partial charge in [-0.3, -0.25) is 10.1 Å². The van der Waals surface area contributed by atoms with Gasteiger partial charge in [-0.05, 0) is 23.8 Å². The highest BCUT2D eigenvalue weighted by Gasteiger charge is 2.20. The number of carbonyl (C=O) groups is 2. The van der Waals surface area contributed by atoms with Crippen molar-refractivity contribution in [2.45, 2.75) is 26.2 Å². The van der Waals surface area contributed by atoms with Gasteiger partial charge in [0, 0.05) is 28.9 Å². The second-order valence-corrected chi connectivity index (χ2v) is 7.89. The van der Waals surface area contributed by atoms with Crippen LogP contribution in [0.2, 0.25) is 0 Å². The maximum absolute atomic E-state index is 12.2. The lowest BCUT2D eigenvalue weighted by molar-refractivity contribution is -0.118. The number of hydrogen-bond donors (Lipinski definition) is 3. The largest absolute Gasteiger partial charge is 0.480 e. The van der Waals surface area contributed by atoms with Gasteiger partial charge in [-0.1, -0.05) is 38.1 Å². The second kappa shape index (κ2) is 7.51. The van der Waals surface area contributed by atoms with Crippen molar-refractivity contribution in [3.8, 4) is 16.9 Å². The van der Waals surface area contributed by atoms with Gasteiger partial charge in [-0.15, -0.1) is 0 Å².